The van der Waals surface area contributed by atoms with Crippen molar-refractivity contribution in [1.29, 1.82) is 0 Å². The molecule has 2 heteroatoms. The van der Waals surface area contributed by atoms with E-state index in [1.165, 1.54) is 113 Å². The SMILES string of the molecule is CC(C)(C)c1ccc(-c2ccccc2N(c2cccc(-c3cccc4sc5ccccc5c34)c2)c2ccccc2-c2cccc3cccc(C4CCCCC4)c23)cc1. The average Bonchev–Trinajstić information content (AvgIpc) is 3.66. The van der Waals surface area contributed by atoms with Crippen LogP contribution in [-0.2, 0) is 5.41 Å². The predicted molar refractivity (Wildman–Crippen MR) is 252 cm³/mol. The van der Waals surface area contributed by atoms with E-state index in [1.54, 1.807) is 0 Å². The first-order valence-electron chi connectivity index (χ1n) is 21.0. The van der Waals surface area contributed by atoms with Crippen molar-refractivity contribution in [1.82, 2.24) is 0 Å². The van der Waals surface area contributed by atoms with Crippen molar-refractivity contribution in [3.05, 3.63) is 187 Å². The molecular weight excluding hydrogens is 719 g/mol. The Hall–Kier alpha value is -5.96. The Labute approximate surface area is 347 Å². The third-order valence-corrected chi connectivity index (χ3v) is 13.6. The third-order valence-electron chi connectivity index (χ3n) is 12.4. The molecule has 10 rings (SSSR count). The van der Waals surface area contributed by atoms with E-state index < -0.39 is 0 Å². The van der Waals surface area contributed by atoms with Crippen molar-refractivity contribution in [3.63, 3.8) is 0 Å². The summed E-state index contributed by atoms with van der Waals surface area (Å²) < 4.78 is 2.64. The molecule has 0 bridgehead atoms. The van der Waals surface area contributed by atoms with Crippen LogP contribution in [0.15, 0.2) is 176 Å². The summed E-state index contributed by atoms with van der Waals surface area (Å²) in [5.74, 6) is 0.589. The maximum absolute atomic E-state index is 2.53. The fourth-order valence-electron chi connectivity index (χ4n) is 9.54. The number of thiophene rings is 1. The number of para-hydroxylation sites is 2. The minimum absolute atomic E-state index is 0.0784. The van der Waals surface area contributed by atoms with Gasteiger partial charge in [0.2, 0.25) is 0 Å². The van der Waals surface area contributed by atoms with Crippen LogP contribution in [0.25, 0.3) is 64.3 Å². The van der Waals surface area contributed by atoms with Gasteiger partial charge in [0.1, 0.15) is 0 Å². The lowest BCUT2D eigenvalue weighted by Crippen LogP contribution is -2.13. The van der Waals surface area contributed by atoms with Crippen molar-refractivity contribution in [2.24, 2.45) is 0 Å². The summed E-state index contributed by atoms with van der Waals surface area (Å²) in [7, 11) is 0. The number of anilines is 3. The minimum Gasteiger partial charge on any atom is -0.309 e. The van der Waals surface area contributed by atoms with E-state index in [4.69, 9.17) is 0 Å². The summed E-state index contributed by atoms with van der Waals surface area (Å²) in [5, 5.41) is 5.37. The number of hydrogen-bond donors (Lipinski definition) is 0. The zero-order valence-electron chi connectivity index (χ0n) is 33.7. The molecule has 1 heterocycles. The molecule has 9 aromatic rings. The second kappa shape index (κ2) is 15.1. The van der Waals surface area contributed by atoms with Crippen LogP contribution in [0.3, 0.4) is 0 Å². The summed E-state index contributed by atoms with van der Waals surface area (Å²) in [6, 6.07) is 66.1. The molecule has 58 heavy (non-hydrogen) atoms. The maximum Gasteiger partial charge on any atom is 0.0540 e. The van der Waals surface area contributed by atoms with Gasteiger partial charge in [-0.05, 0) is 105 Å². The van der Waals surface area contributed by atoms with Gasteiger partial charge in [-0.1, -0.05) is 180 Å². The van der Waals surface area contributed by atoms with Gasteiger partial charge >= 0.3 is 0 Å². The fourth-order valence-corrected chi connectivity index (χ4v) is 10.7. The van der Waals surface area contributed by atoms with Crippen molar-refractivity contribution in [2.45, 2.75) is 64.2 Å². The molecule has 0 unspecified atom stereocenters. The van der Waals surface area contributed by atoms with Gasteiger partial charge in [0.15, 0.2) is 0 Å². The molecule has 0 radical (unpaired) electrons. The minimum atomic E-state index is 0.0784. The molecule has 1 fully saturated rings. The molecule has 8 aromatic carbocycles. The quantitative estimate of drug-likeness (QED) is 0.156. The van der Waals surface area contributed by atoms with E-state index in [2.05, 4.69) is 202 Å². The summed E-state index contributed by atoms with van der Waals surface area (Å²) in [5.41, 5.74) is 13.8. The van der Waals surface area contributed by atoms with Crippen LogP contribution in [0.5, 0.6) is 0 Å². The number of hydrogen-bond acceptors (Lipinski definition) is 2. The first-order chi connectivity index (χ1) is 28.4. The molecule has 0 atom stereocenters. The molecule has 0 saturated heterocycles. The highest BCUT2D eigenvalue weighted by molar-refractivity contribution is 7.25. The second-order valence-electron chi connectivity index (χ2n) is 17.1. The zero-order chi connectivity index (χ0) is 39.2. The largest absolute Gasteiger partial charge is 0.309 e. The Morgan fingerprint density at radius 3 is 1.90 bits per heavy atom. The van der Waals surface area contributed by atoms with Gasteiger partial charge in [-0.2, -0.15) is 0 Å². The lowest BCUT2D eigenvalue weighted by Gasteiger charge is -2.31. The molecule has 1 aliphatic rings. The standard InChI is InChI=1S/C56H49NS/c1-56(2,3)42-35-33-39(34-36-42)44-23-7-10-29-50(44)57(43-22-13-21-41(37-43)46-27-16-32-53-55(46)49-25-9-12-31-52(49)58-53)51-30-11-8-24-47(51)48-28-15-20-40-19-14-26-45(54(40)48)38-17-5-4-6-18-38/h7-16,19-38H,4-6,17-18H2,1-3H3. The van der Waals surface area contributed by atoms with Gasteiger partial charge in [0.25, 0.3) is 0 Å². The highest BCUT2D eigenvalue weighted by atomic mass is 32.1. The van der Waals surface area contributed by atoms with Gasteiger partial charge in [-0.15, -0.1) is 11.3 Å². The van der Waals surface area contributed by atoms with Gasteiger partial charge in [0.05, 0.1) is 11.4 Å². The van der Waals surface area contributed by atoms with Crippen LogP contribution >= 0.6 is 11.3 Å². The molecule has 1 aliphatic carbocycles. The van der Waals surface area contributed by atoms with Crippen LogP contribution in [0.4, 0.5) is 17.1 Å². The van der Waals surface area contributed by atoms with Crippen molar-refractivity contribution in [3.8, 4) is 33.4 Å². The average molecular weight is 768 g/mol. The molecule has 0 amide bonds. The lowest BCUT2D eigenvalue weighted by atomic mass is 9.80. The summed E-state index contributed by atoms with van der Waals surface area (Å²) in [6.07, 6.45) is 6.50. The van der Waals surface area contributed by atoms with Gasteiger partial charge < -0.3 is 4.90 Å². The van der Waals surface area contributed by atoms with E-state index in [1.807, 2.05) is 11.3 Å². The molecule has 1 aromatic heterocycles. The highest BCUT2D eigenvalue weighted by Gasteiger charge is 2.25. The van der Waals surface area contributed by atoms with Crippen LogP contribution in [0.1, 0.15) is 69.9 Å². The summed E-state index contributed by atoms with van der Waals surface area (Å²) in [4.78, 5) is 2.53. The predicted octanol–water partition coefficient (Wildman–Crippen LogP) is 17.0. The number of fused-ring (bicyclic) bond motifs is 4. The lowest BCUT2D eigenvalue weighted by molar-refractivity contribution is 0.445. The molecule has 0 aliphatic heterocycles. The first-order valence-corrected chi connectivity index (χ1v) is 21.9. The smallest absolute Gasteiger partial charge is 0.0540 e. The molecule has 0 spiro atoms. The van der Waals surface area contributed by atoms with E-state index in [9.17, 15) is 0 Å². The van der Waals surface area contributed by atoms with Crippen LogP contribution in [0.2, 0.25) is 0 Å². The van der Waals surface area contributed by atoms with Crippen LogP contribution in [-0.4, -0.2) is 0 Å². The third kappa shape index (κ3) is 6.60. The van der Waals surface area contributed by atoms with Crippen LogP contribution < -0.4 is 4.90 Å². The Kier molecular flexibility index (Phi) is 9.46. The molecule has 1 nitrogen and oxygen atoms in total. The summed E-state index contributed by atoms with van der Waals surface area (Å²) >= 11 is 1.88. The maximum atomic E-state index is 2.53. The van der Waals surface area contributed by atoms with E-state index in [-0.39, 0.29) is 5.41 Å². The second-order valence-corrected chi connectivity index (χ2v) is 18.2. The Morgan fingerprint density at radius 1 is 0.483 bits per heavy atom. The first kappa shape index (κ1) is 36.4. The number of rotatable bonds is 7. The van der Waals surface area contributed by atoms with E-state index >= 15 is 0 Å². The van der Waals surface area contributed by atoms with Crippen molar-refractivity contribution < 1.29 is 0 Å². The molecule has 1 saturated carbocycles. The van der Waals surface area contributed by atoms with Crippen molar-refractivity contribution >= 4 is 59.3 Å². The van der Waals surface area contributed by atoms with E-state index in [0.29, 0.717) is 5.92 Å². The summed E-state index contributed by atoms with van der Waals surface area (Å²) in [6.45, 7) is 6.86. The van der Waals surface area contributed by atoms with E-state index in [0.717, 1.165) is 11.4 Å². The number of nitrogens with zero attached hydrogens (tertiary/aromatic N) is 1. The number of benzene rings is 8. The van der Waals surface area contributed by atoms with Crippen LogP contribution in [0, 0.1) is 0 Å². The van der Waals surface area contributed by atoms with Gasteiger partial charge in [0, 0.05) is 37.0 Å². The Morgan fingerprint density at radius 2 is 1.10 bits per heavy atom. The molecule has 0 N–H and O–H groups in total. The Bertz CT molecular complexity index is 2910. The fraction of sp³-hybridized carbons (Fsp3) is 0.179. The monoisotopic (exact) mass is 767 g/mol. The van der Waals surface area contributed by atoms with Crippen molar-refractivity contribution in [2.75, 3.05) is 4.90 Å². The zero-order valence-corrected chi connectivity index (χ0v) is 34.5. The van der Waals surface area contributed by atoms with Gasteiger partial charge in [-0.3, -0.25) is 0 Å². The highest BCUT2D eigenvalue weighted by Crippen LogP contribution is 2.49. The molecule has 284 valence electrons. The molecular formula is C56H49NS. The Balaban J connectivity index is 1.21. The van der Waals surface area contributed by atoms with Gasteiger partial charge in [-0.25, -0.2) is 0 Å². The topological polar surface area (TPSA) is 3.24 Å². The normalized spacial score (nSPS) is 13.7.